The standard InChI is InChI=1S/C23H46O7/c1-2-3-4-5-6-7-8-9-10-11-12-13-14-15-16-28-18-29-17-19-20(24)21(25)22(26)23(27)30-19/h19-27H,2-18H2,1H3/t19-,20-,21+,22-,23?/m1/s1. The van der Waals surface area contributed by atoms with E-state index in [2.05, 4.69) is 6.92 Å². The molecule has 0 saturated carbocycles. The van der Waals surface area contributed by atoms with Gasteiger partial charge in [0.15, 0.2) is 6.29 Å². The maximum atomic E-state index is 9.80. The maximum Gasteiger partial charge on any atom is 0.184 e. The molecule has 0 bridgehead atoms. The molecule has 1 rings (SSSR count). The molecule has 1 aliphatic heterocycles. The molecule has 1 heterocycles. The molecule has 0 aromatic carbocycles. The van der Waals surface area contributed by atoms with Gasteiger partial charge < -0.3 is 34.6 Å². The summed E-state index contributed by atoms with van der Waals surface area (Å²) in [5.41, 5.74) is 0. The summed E-state index contributed by atoms with van der Waals surface area (Å²) >= 11 is 0. The average Bonchev–Trinajstić information content (AvgIpc) is 2.74. The van der Waals surface area contributed by atoms with Gasteiger partial charge in [-0.25, -0.2) is 0 Å². The fraction of sp³-hybridized carbons (Fsp3) is 1.00. The highest BCUT2D eigenvalue weighted by molar-refractivity contribution is 4.88. The van der Waals surface area contributed by atoms with E-state index in [1.54, 1.807) is 0 Å². The number of hydrogen-bond acceptors (Lipinski definition) is 7. The average molecular weight is 435 g/mol. The number of rotatable bonds is 19. The van der Waals surface area contributed by atoms with Crippen LogP contribution in [-0.2, 0) is 14.2 Å². The minimum atomic E-state index is -1.53. The summed E-state index contributed by atoms with van der Waals surface area (Å²) < 4.78 is 15.7. The Kier molecular flexibility index (Phi) is 16.9. The summed E-state index contributed by atoms with van der Waals surface area (Å²) in [6, 6.07) is 0. The first-order valence-corrected chi connectivity index (χ1v) is 12.1. The van der Waals surface area contributed by atoms with Gasteiger partial charge in [-0.05, 0) is 6.42 Å². The molecule has 7 nitrogen and oxygen atoms in total. The van der Waals surface area contributed by atoms with E-state index in [1.165, 1.54) is 77.0 Å². The van der Waals surface area contributed by atoms with Crippen molar-refractivity contribution in [1.82, 2.24) is 0 Å². The normalized spacial score (nSPS) is 26.9. The molecule has 0 aromatic heterocycles. The van der Waals surface area contributed by atoms with Crippen molar-refractivity contribution in [1.29, 1.82) is 0 Å². The predicted molar refractivity (Wildman–Crippen MR) is 116 cm³/mol. The van der Waals surface area contributed by atoms with Crippen molar-refractivity contribution >= 4 is 0 Å². The topological polar surface area (TPSA) is 109 Å². The van der Waals surface area contributed by atoms with Gasteiger partial charge in [-0.3, -0.25) is 0 Å². The summed E-state index contributed by atoms with van der Waals surface area (Å²) in [7, 11) is 0. The number of unbranched alkanes of at least 4 members (excludes halogenated alkanes) is 13. The molecule has 30 heavy (non-hydrogen) atoms. The van der Waals surface area contributed by atoms with E-state index in [0.29, 0.717) is 6.61 Å². The van der Waals surface area contributed by atoms with Gasteiger partial charge in [0.2, 0.25) is 0 Å². The highest BCUT2D eigenvalue weighted by atomic mass is 16.7. The Morgan fingerprint density at radius 3 is 1.63 bits per heavy atom. The van der Waals surface area contributed by atoms with Gasteiger partial charge in [0.05, 0.1) is 6.61 Å². The second-order valence-corrected chi connectivity index (χ2v) is 8.53. The molecule has 5 atom stereocenters. The molecular weight excluding hydrogens is 388 g/mol. The van der Waals surface area contributed by atoms with Crippen LogP contribution in [0.4, 0.5) is 0 Å². The quantitative estimate of drug-likeness (QED) is 0.182. The Bertz CT molecular complexity index is 383. The van der Waals surface area contributed by atoms with Crippen molar-refractivity contribution in [3.05, 3.63) is 0 Å². The second kappa shape index (κ2) is 18.3. The van der Waals surface area contributed by atoms with Crippen LogP contribution in [-0.4, -0.2) is 71.1 Å². The Morgan fingerprint density at radius 2 is 1.10 bits per heavy atom. The number of ether oxygens (including phenoxy) is 3. The third-order valence-electron chi connectivity index (χ3n) is 5.78. The van der Waals surface area contributed by atoms with Gasteiger partial charge in [0.1, 0.15) is 31.2 Å². The lowest BCUT2D eigenvalue weighted by Crippen LogP contribution is -2.58. The van der Waals surface area contributed by atoms with Gasteiger partial charge in [0, 0.05) is 6.61 Å². The van der Waals surface area contributed by atoms with Crippen LogP contribution in [0.5, 0.6) is 0 Å². The van der Waals surface area contributed by atoms with Crippen LogP contribution in [0.3, 0.4) is 0 Å². The molecule has 0 aliphatic carbocycles. The van der Waals surface area contributed by atoms with Crippen LogP contribution in [0, 0.1) is 0 Å². The lowest BCUT2D eigenvalue weighted by Gasteiger charge is -2.38. The second-order valence-electron chi connectivity index (χ2n) is 8.53. The van der Waals surface area contributed by atoms with E-state index in [4.69, 9.17) is 14.2 Å². The van der Waals surface area contributed by atoms with Gasteiger partial charge >= 0.3 is 0 Å². The highest BCUT2D eigenvalue weighted by Gasteiger charge is 2.42. The van der Waals surface area contributed by atoms with E-state index in [-0.39, 0.29) is 13.4 Å². The Hall–Kier alpha value is -0.280. The third-order valence-corrected chi connectivity index (χ3v) is 5.78. The van der Waals surface area contributed by atoms with E-state index >= 15 is 0 Å². The SMILES string of the molecule is CCCCCCCCCCCCCCCCOCOC[C@H]1OC(O)[C@H](O)[C@@H](O)[C@@H]1O. The first kappa shape index (κ1) is 27.8. The van der Waals surface area contributed by atoms with Crippen molar-refractivity contribution < 1.29 is 34.6 Å². The van der Waals surface area contributed by atoms with Crippen LogP contribution < -0.4 is 0 Å². The van der Waals surface area contributed by atoms with Crippen molar-refractivity contribution in [2.45, 2.75) is 128 Å². The molecule has 1 saturated heterocycles. The van der Waals surface area contributed by atoms with Crippen molar-refractivity contribution in [2.75, 3.05) is 20.0 Å². The molecule has 1 unspecified atom stereocenters. The lowest BCUT2D eigenvalue weighted by molar-refractivity contribution is -0.291. The molecule has 180 valence electrons. The molecule has 4 N–H and O–H groups in total. The predicted octanol–water partition coefficient (Wildman–Crippen LogP) is 3.26. The van der Waals surface area contributed by atoms with Gasteiger partial charge in [-0.2, -0.15) is 0 Å². The number of aliphatic hydroxyl groups excluding tert-OH is 4. The molecule has 0 aromatic rings. The zero-order chi connectivity index (χ0) is 22.0. The lowest BCUT2D eigenvalue weighted by atomic mass is 9.99. The molecule has 1 fully saturated rings. The van der Waals surface area contributed by atoms with Gasteiger partial charge in [-0.15, -0.1) is 0 Å². The van der Waals surface area contributed by atoms with Crippen LogP contribution in [0.15, 0.2) is 0 Å². The van der Waals surface area contributed by atoms with Crippen LogP contribution in [0.25, 0.3) is 0 Å². The van der Waals surface area contributed by atoms with Crippen LogP contribution in [0.1, 0.15) is 96.8 Å². The van der Waals surface area contributed by atoms with Crippen molar-refractivity contribution in [3.63, 3.8) is 0 Å². The van der Waals surface area contributed by atoms with Crippen LogP contribution in [0.2, 0.25) is 0 Å². The monoisotopic (exact) mass is 434 g/mol. The number of aliphatic hydroxyl groups is 4. The molecule has 1 aliphatic rings. The summed E-state index contributed by atoms with van der Waals surface area (Å²) in [6.45, 7) is 2.92. The minimum Gasteiger partial charge on any atom is -0.387 e. The van der Waals surface area contributed by atoms with E-state index in [9.17, 15) is 20.4 Å². The molecule has 0 radical (unpaired) electrons. The van der Waals surface area contributed by atoms with Crippen molar-refractivity contribution in [3.8, 4) is 0 Å². The van der Waals surface area contributed by atoms with E-state index in [0.717, 1.165) is 12.8 Å². The maximum absolute atomic E-state index is 9.80. The Morgan fingerprint density at radius 1 is 0.600 bits per heavy atom. The largest absolute Gasteiger partial charge is 0.387 e. The van der Waals surface area contributed by atoms with Crippen LogP contribution >= 0.6 is 0 Å². The zero-order valence-corrected chi connectivity index (χ0v) is 18.9. The van der Waals surface area contributed by atoms with E-state index < -0.39 is 30.7 Å². The Labute approximate surface area is 182 Å². The van der Waals surface area contributed by atoms with E-state index in [1.807, 2.05) is 0 Å². The minimum absolute atomic E-state index is 0.0270. The first-order chi connectivity index (χ1) is 14.6. The van der Waals surface area contributed by atoms with Crippen molar-refractivity contribution in [2.24, 2.45) is 0 Å². The molecule has 0 amide bonds. The zero-order valence-electron chi connectivity index (χ0n) is 18.9. The number of hydrogen-bond donors (Lipinski definition) is 4. The summed E-state index contributed by atoms with van der Waals surface area (Å²) in [4.78, 5) is 0. The Balaban J connectivity index is 1.80. The fourth-order valence-corrected chi connectivity index (χ4v) is 3.75. The summed E-state index contributed by atoms with van der Waals surface area (Å²) in [5.74, 6) is 0. The van der Waals surface area contributed by atoms with Gasteiger partial charge in [-0.1, -0.05) is 90.4 Å². The molecule has 7 heteroatoms. The van der Waals surface area contributed by atoms with Gasteiger partial charge in [0.25, 0.3) is 0 Å². The molecular formula is C23H46O7. The summed E-state index contributed by atoms with van der Waals surface area (Å²) in [6.07, 6.45) is 11.7. The third kappa shape index (κ3) is 12.5. The fourth-order valence-electron chi connectivity index (χ4n) is 3.75. The smallest absolute Gasteiger partial charge is 0.184 e. The highest BCUT2D eigenvalue weighted by Crippen LogP contribution is 2.20. The summed E-state index contributed by atoms with van der Waals surface area (Å²) in [5, 5.41) is 38.3. The first-order valence-electron chi connectivity index (χ1n) is 12.1. The molecule has 0 spiro atoms.